The number of rotatable bonds is 5. The van der Waals surface area contributed by atoms with Gasteiger partial charge in [0.25, 0.3) is 0 Å². The van der Waals surface area contributed by atoms with Crippen molar-refractivity contribution in [1.82, 2.24) is 4.31 Å². The average Bonchev–Trinajstić information content (AvgIpc) is 2.82. The molecule has 1 saturated heterocycles. The maximum absolute atomic E-state index is 12.6. The Hall–Kier alpha value is -1.40. The summed E-state index contributed by atoms with van der Waals surface area (Å²) in [5, 5.41) is 9.27. The highest BCUT2D eigenvalue weighted by atomic mass is 32.2. The van der Waals surface area contributed by atoms with Crippen molar-refractivity contribution in [2.75, 3.05) is 6.54 Å². The highest BCUT2D eigenvalue weighted by Crippen LogP contribution is 2.30. The molecule has 0 amide bonds. The van der Waals surface area contributed by atoms with Crippen molar-refractivity contribution in [3.8, 4) is 0 Å². The zero-order valence-corrected chi connectivity index (χ0v) is 13.1. The van der Waals surface area contributed by atoms with Gasteiger partial charge in [0.15, 0.2) is 0 Å². The molecule has 2 unspecified atom stereocenters. The molecule has 0 radical (unpaired) electrons. The van der Waals surface area contributed by atoms with Gasteiger partial charge in [-0.25, -0.2) is 8.42 Å². The molecule has 1 aliphatic heterocycles. The Balaban J connectivity index is 2.31. The summed E-state index contributed by atoms with van der Waals surface area (Å²) in [6.07, 6.45) is 2.47. The largest absolute Gasteiger partial charge is 0.480 e. The van der Waals surface area contributed by atoms with Crippen molar-refractivity contribution >= 4 is 16.0 Å². The zero-order valence-electron chi connectivity index (χ0n) is 12.3. The molecule has 2 atom stereocenters. The van der Waals surface area contributed by atoms with E-state index < -0.39 is 22.0 Å². The maximum Gasteiger partial charge on any atom is 0.322 e. The molecular formula is C15H21NO4S. The molecule has 1 aromatic carbocycles. The summed E-state index contributed by atoms with van der Waals surface area (Å²) in [4.78, 5) is 11.5. The van der Waals surface area contributed by atoms with E-state index in [9.17, 15) is 18.3 Å². The molecule has 0 aromatic heterocycles. The fourth-order valence-electron chi connectivity index (χ4n) is 2.80. The molecule has 21 heavy (non-hydrogen) atoms. The zero-order chi connectivity index (χ0) is 15.6. The fraction of sp³-hybridized carbons (Fsp3) is 0.533. The first-order valence-corrected chi connectivity index (χ1v) is 8.65. The maximum atomic E-state index is 12.6. The van der Waals surface area contributed by atoms with Gasteiger partial charge in [0.05, 0.1) is 4.90 Å². The number of carbonyl (C=O) groups is 1. The summed E-state index contributed by atoms with van der Waals surface area (Å²) in [5.41, 5.74) is 1.08. The first-order valence-electron chi connectivity index (χ1n) is 7.21. The van der Waals surface area contributed by atoms with Crippen LogP contribution in [0.25, 0.3) is 0 Å². The van der Waals surface area contributed by atoms with Gasteiger partial charge >= 0.3 is 5.97 Å². The number of hydrogen-bond donors (Lipinski definition) is 1. The predicted octanol–water partition coefficient (Wildman–Crippen LogP) is 2.12. The van der Waals surface area contributed by atoms with Gasteiger partial charge in [-0.3, -0.25) is 4.79 Å². The van der Waals surface area contributed by atoms with Crippen LogP contribution >= 0.6 is 0 Å². The highest BCUT2D eigenvalue weighted by Gasteiger charge is 2.43. The molecule has 6 heteroatoms. The third-order valence-electron chi connectivity index (χ3n) is 3.98. The van der Waals surface area contributed by atoms with Gasteiger partial charge in [-0.2, -0.15) is 4.31 Å². The summed E-state index contributed by atoms with van der Waals surface area (Å²) in [6, 6.07) is 5.77. The number of aryl methyl sites for hydroxylation is 1. The number of carboxylic acids is 1. The number of carboxylic acid groups (broad SMARTS) is 1. The minimum absolute atomic E-state index is 0.169. The summed E-state index contributed by atoms with van der Waals surface area (Å²) in [5.74, 6) is -1.25. The standard InChI is InChI=1S/C15H21NO4S/c1-3-4-12-5-7-13(8-6-12)21(19,20)16-10-9-11(2)14(16)15(17)18/h5-8,11,14H,3-4,9-10H2,1-2H3,(H,17,18). The minimum atomic E-state index is -3.75. The summed E-state index contributed by atoms with van der Waals surface area (Å²) < 4.78 is 26.4. The van der Waals surface area contributed by atoms with E-state index in [0.29, 0.717) is 6.42 Å². The lowest BCUT2D eigenvalue weighted by atomic mass is 10.0. The molecule has 2 rings (SSSR count). The molecule has 1 fully saturated rings. The SMILES string of the molecule is CCCc1ccc(S(=O)(=O)N2CCC(C)C2C(=O)O)cc1. The van der Waals surface area contributed by atoms with Gasteiger partial charge in [0.2, 0.25) is 10.0 Å². The molecule has 116 valence electrons. The Morgan fingerprint density at radius 3 is 2.48 bits per heavy atom. The van der Waals surface area contributed by atoms with Gasteiger partial charge in [-0.15, -0.1) is 0 Å². The van der Waals surface area contributed by atoms with E-state index in [1.807, 2.05) is 0 Å². The van der Waals surface area contributed by atoms with Gasteiger partial charge in [-0.05, 0) is 36.5 Å². The molecule has 1 N–H and O–H groups in total. The van der Waals surface area contributed by atoms with Crippen molar-refractivity contribution in [2.45, 2.75) is 44.0 Å². The predicted molar refractivity (Wildman–Crippen MR) is 79.5 cm³/mol. The second kappa shape index (κ2) is 6.15. The lowest BCUT2D eigenvalue weighted by Gasteiger charge is -2.22. The normalized spacial score (nSPS) is 23.3. The Kier molecular flexibility index (Phi) is 4.68. The van der Waals surface area contributed by atoms with Crippen LogP contribution in [0.5, 0.6) is 0 Å². The van der Waals surface area contributed by atoms with Crippen molar-refractivity contribution < 1.29 is 18.3 Å². The van der Waals surface area contributed by atoms with Crippen molar-refractivity contribution in [1.29, 1.82) is 0 Å². The lowest BCUT2D eigenvalue weighted by Crippen LogP contribution is -2.42. The number of sulfonamides is 1. The average molecular weight is 311 g/mol. The van der Waals surface area contributed by atoms with Crippen molar-refractivity contribution in [3.63, 3.8) is 0 Å². The minimum Gasteiger partial charge on any atom is -0.480 e. The Labute approximate surface area is 125 Å². The molecule has 1 heterocycles. The van der Waals surface area contributed by atoms with Gasteiger partial charge in [0.1, 0.15) is 6.04 Å². The first kappa shape index (κ1) is 16.0. The van der Waals surface area contributed by atoms with Crippen LogP contribution in [0.3, 0.4) is 0 Å². The quantitative estimate of drug-likeness (QED) is 0.904. The Morgan fingerprint density at radius 1 is 1.33 bits per heavy atom. The molecule has 1 aromatic rings. The van der Waals surface area contributed by atoms with Crippen LogP contribution in [0.15, 0.2) is 29.2 Å². The van der Waals surface area contributed by atoms with E-state index in [4.69, 9.17) is 0 Å². The van der Waals surface area contributed by atoms with Crippen LogP contribution in [-0.4, -0.2) is 36.4 Å². The molecule has 0 saturated carbocycles. The Bertz CT molecular complexity index is 609. The van der Waals surface area contributed by atoms with Crippen LogP contribution in [0, 0.1) is 5.92 Å². The highest BCUT2D eigenvalue weighted by molar-refractivity contribution is 7.89. The summed E-state index contributed by atoms with van der Waals surface area (Å²) in [7, 11) is -3.75. The monoisotopic (exact) mass is 311 g/mol. The summed E-state index contributed by atoms with van der Waals surface area (Å²) >= 11 is 0. The van der Waals surface area contributed by atoms with E-state index in [-0.39, 0.29) is 17.4 Å². The van der Waals surface area contributed by atoms with Gasteiger partial charge in [0, 0.05) is 6.54 Å². The third kappa shape index (κ3) is 3.11. The number of nitrogens with zero attached hydrogens (tertiary/aromatic N) is 1. The van der Waals surface area contributed by atoms with Crippen LogP contribution in [0.4, 0.5) is 0 Å². The number of benzene rings is 1. The Morgan fingerprint density at radius 2 is 1.95 bits per heavy atom. The summed E-state index contributed by atoms with van der Waals surface area (Å²) in [6.45, 7) is 4.10. The lowest BCUT2D eigenvalue weighted by molar-refractivity contribution is -0.141. The van der Waals surface area contributed by atoms with E-state index in [1.165, 1.54) is 0 Å². The molecule has 0 bridgehead atoms. The second-order valence-electron chi connectivity index (χ2n) is 5.56. The first-order chi connectivity index (χ1) is 9.87. The van der Waals surface area contributed by atoms with Gasteiger partial charge in [-0.1, -0.05) is 32.4 Å². The van der Waals surface area contributed by atoms with E-state index >= 15 is 0 Å². The van der Waals surface area contributed by atoms with E-state index in [2.05, 4.69) is 6.92 Å². The molecule has 0 spiro atoms. The van der Waals surface area contributed by atoms with Gasteiger partial charge < -0.3 is 5.11 Å². The number of hydrogen-bond acceptors (Lipinski definition) is 3. The fourth-order valence-corrected chi connectivity index (χ4v) is 4.49. The smallest absolute Gasteiger partial charge is 0.322 e. The molecule has 1 aliphatic rings. The van der Waals surface area contributed by atoms with Crippen LogP contribution in [0.1, 0.15) is 32.3 Å². The molecular weight excluding hydrogens is 290 g/mol. The second-order valence-corrected chi connectivity index (χ2v) is 7.45. The van der Waals surface area contributed by atoms with Crippen LogP contribution in [-0.2, 0) is 21.2 Å². The third-order valence-corrected chi connectivity index (χ3v) is 5.87. The van der Waals surface area contributed by atoms with Crippen molar-refractivity contribution in [3.05, 3.63) is 29.8 Å². The molecule has 0 aliphatic carbocycles. The molecule has 5 nitrogen and oxygen atoms in total. The van der Waals surface area contributed by atoms with Crippen LogP contribution in [0.2, 0.25) is 0 Å². The number of aliphatic carboxylic acids is 1. The van der Waals surface area contributed by atoms with E-state index in [1.54, 1.807) is 31.2 Å². The van der Waals surface area contributed by atoms with Crippen LogP contribution < -0.4 is 0 Å². The van der Waals surface area contributed by atoms with E-state index in [0.717, 1.165) is 22.7 Å². The topological polar surface area (TPSA) is 74.7 Å². The van der Waals surface area contributed by atoms with Crippen molar-refractivity contribution in [2.24, 2.45) is 5.92 Å².